The van der Waals surface area contributed by atoms with Gasteiger partial charge >= 0.3 is 5.97 Å². The number of pyridine rings is 2. The summed E-state index contributed by atoms with van der Waals surface area (Å²) >= 11 is 12.3. The Kier molecular flexibility index (Phi) is 6.70. The molecule has 3 aromatic rings. The maximum absolute atomic E-state index is 13.0. The molecule has 3 heterocycles. The second-order valence-electron chi connectivity index (χ2n) is 7.36. The molecule has 0 amide bonds. The number of nitrogens with one attached hydrogen (secondary N) is 1. The van der Waals surface area contributed by atoms with Gasteiger partial charge in [-0.3, -0.25) is 4.79 Å². The number of aromatic nitrogens is 2. The molecule has 0 aliphatic carbocycles. The Morgan fingerprint density at radius 1 is 1.33 bits per heavy atom. The average Bonchev–Trinajstić information content (AvgIpc) is 2.77. The van der Waals surface area contributed by atoms with Crippen LogP contribution < -0.4 is 15.6 Å². The van der Waals surface area contributed by atoms with Crippen LogP contribution in [0.2, 0.25) is 10.2 Å². The molecule has 0 radical (unpaired) electrons. The van der Waals surface area contributed by atoms with Gasteiger partial charge in [-0.05, 0) is 30.3 Å². The summed E-state index contributed by atoms with van der Waals surface area (Å²) in [6.45, 7) is 1.22. The number of carbonyl (C=O) groups is 1. The number of nitriles is 1. The van der Waals surface area contributed by atoms with E-state index in [0.717, 1.165) is 0 Å². The van der Waals surface area contributed by atoms with Gasteiger partial charge in [0.2, 0.25) is 0 Å². The minimum atomic E-state index is -0.595. The fraction of sp³-hybridized carbons (Fsp3) is 0.273. The summed E-state index contributed by atoms with van der Waals surface area (Å²) in [5.74, 6) is -0.0735. The Hall–Kier alpha value is -3.32. The van der Waals surface area contributed by atoms with Crippen LogP contribution in [0.5, 0.6) is 5.75 Å². The highest BCUT2D eigenvalue weighted by atomic mass is 35.5. The highest BCUT2D eigenvalue weighted by Crippen LogP contribution is 2.30. The average molecular weight is 489 g/mol. The van der Waals surface area contributed by atoms with Crippen LogP contribution in [0.15, 0.2) is 35.1 Å². The zero-order valence-corrected chi connectivity index (χ0v) is 18.9. The number of ether oxygens (including phenoxy) is 3. The molecule has 0 unspecified atom stereocenters. The summed E-state index contributed by atoms with van der Waals surface area (Å²) < 4.78 is 16.9. The predicted octanol–water partition coefficient (Wildman–Crippen LogP) is 3.52. The SMILES string of the molecule is COC(=O)COc1cc2cc(Nc3nc(Cl)c(C#N)cc3Cl)ccc2n(CC2COC2)c1=O. The summed E-state index contributed by atoms with van der Waals surface area (Å²) in [5.41, 5.74) is 1.14. The van der Waals surface area contributed by atoms with Gasteiger partial charge in [0.25, 0.3) is 5.56 Å². The van der Waals surface area contributed by atoms with E-state index in [1.54, 1.807) is 28.8 Å². The van der Waals surface area contributed by atoms with Crippen molar-refractivity contribution in [2.24, 2.45) is 5.92 Å². The molecule has 2 aromatic heterocycles. The van der Waals surface area contributed by atoms with Crippen molar-refractivity contribution in [3.63, 3.8) is 0 Å². The zero-order valence-electron chi connectivity index (χ0n) is 17.4. The summed E-state index contributed by atoms with van der Waals surface area (Å²) in [5, 5.41) is 13.1. The van der Waals surface area contributed by atoms with Crippen molar-refractivity contribution < 1.29 is 19.0 Å². The molecule has 170 valence electrons. The minimum Gasteiger partial charge on any atom is -0.476 e. The van der Waals surface area contributed by atoms with Gasteiger partial charge in [-0.1, -0.05) is 23.2 Å². The first kappa shape index (κ1) is 22.9. The number of carbonyl (C=O) groups excluding carboxylic acids is 1. The maximum Gasteiger partial charge on any atom is 0.343 e. The van der Waals surface area contributed by atoms with Crippen LogP contribution in [-0.4, -0.2) is 42.5 Å². The number of halogens is 2. The maximum atomic E-state index is 13.0. The molecular weight excluding hydrogens is 471 g/mol. The minimum absolute atomic E-state index is 0.0280. The number of hydrogen-bond acceptors (Lipinski definition) is 8. The fourth-order valence-electron chi connectivity index (χ4n) is 3.34. The van der Waals surface area contributed by atoms with E-state index in [4.69, 9.17) is 37.9 Å². The molecule has 33 heavy (non-hydrogen) atoms. The van der Waals surface area contributed by atoms with Gasteiger partial charge in [-0.2, -0.15) is 5.26 Å². The number of esters is 1. The summed E-state index contributed by atoms with van der Waals surface area (Å²) in [6.07, 6.45) is 0. The Balaban J connectivity index is 1.73. The van der Waals surface area contributed by atoms with Crippen LogP contribution in [0.3, 0.4) is 0 Å². The number of fused-ring (bicyclic) bond motifs is 1. The van der Waals surface area contributed by atoms with E-state index < -0.39 is 5.97 Å². The Morgan fingerprint density at radius 2 is 2.12 bits per heavy atom. The van der Waals surface area contributed by atoms with Crippen molar-refractivity contribution >= 4 is 51.6 Å². The molecule has 11 heteroatoms. The molecule has 4 rings (SSSR count). The van der Waals surface area contributed by atoms with Gasteiger partial charge in [-0.25, -0.2) is 9.78 Å². The molecular formula is C22H18Cl2N4O5. The fourth-order valence-corrected chi connectivity index (χ4v) is 3.72. The summed E-state index contributed by atoms with van der Waals surface area (Å²) in [7, 11) is 1.24. The molecule has 1 fully saturated rings. The van der Waals surface area contributed by atoms with Gasteiger partial charge < -0.3 is 24.1 Å². The molecule has 0 bridgehead atoms. The zero-order chi connectivity index (χ0) is 23.5. The second-order valence-corrected chi connectivity index (χ2v) is 8.13. The van der Waals surface area contributed by atoms with Crippen LogP contribution >= 0.6 is 23.2 Å². The molecule has 1 saturated heterocycles. The highest BCUT2D eigenvalue weighted by molar-refractivity contribution is 6.35. The number of benzene rings is 1. The molecule has 0 atom stereocenters. The largest absolute Gasteiger partial charge is 0.476 e. The van der Waals surface area contributed by atoms with Gasteiger partial charge in [0.1, 0.15) is 11.2 Å². The van der Waals surface area contributed by atoms with E-state index in [2.05, 4.69) is 15.0 Å². The molecule has 9 nitrogen and oxygen atoms in total. The van der Waals surface area contributed by atoms with Crippen molar-refractivity contribution in [1.29, 1.82) is 5.26 Å². The predicted molar refractivity (Wildman–Crippen MR) is 122 cm³/mol. The van der Waals surface area contributed by atoms with Crippen LogP contribution in [0, 0.1) is 17.2 Å². The second kappa shape index (κ2) is 9.67. The summed E-state index contributed by atoms with van der Waals surface area (Å²) in [6, 6.07) is 10.3. The van der Waals surface area contributed by atoms with Crippen LogP contribution in [0.4, 0.5) is 11.5 Å². The van der Waals surface area contributed by atoms with E-state index in [1.165, 1.54) is 13.2 Å². The smallest absolute Gasteiger partial charge is 0.343 e. The third-order valence-electron chi connectivity index (χ3n) is 5.09. The third-order valence-corrected chi connectivity index (χ3v) is 5.67. The van der Waals surface area contributed by atoms with Gasteiger partial charge in [0.15, 0.2) is 18.2 Å². The standard InChI is InChI=1S/C22H18Cl2N4O5/c1-31-19(29)11-33-18-6-13-4-15(26-21-16(23)5-14(7-25)20(24)27-21)2-3-17(13)28(22(18)30)8-12-9-32-10-12/h2-6,12H,8-11H2,1H3,(H,26,27). The lowest BCUT2D eigenvalue weighted by Gasteiger charge is -2.27. The van der Waals surface area contributed by atoms with Gasteiger partial charge in [-0.15, -0.1) is 0 Å². The molecule has 1 aliphatic heterocycles. The van der Waals surface area contributed by atoms with Gasteiger partial charge in [0, 0.05) is 23.5 Å². The van der Waals surface area contributed by atoms with E-state index in [-0.39, 0.29) is 45.4 Å². The molecule has 1 aliphatic rings. The summed E-state index contributed by atoms with van der Waals surface area (Å²) in [4.78, 5) is 28.7. The normalized spacial score (nSPS) is 13.3. The number of anilines is 2. The quantitative estimate of drug-likeness (QED) is 0.396. The Morgan fingerprint density at radius 3 is 2.79 bits per heavy atom. The topological polar surface area (TPSA) is 115 Å². The van der Waals surface area contributed by atoms with Crippen molar-refractivity contribution in [2.75, 3.05) is 32.2 Å². The van der Waals surface area contributed by atoms with Gasteiger partial charge in [0.05, 0.1) is 36.4 Å². The number of methoxy groups -OCH3 is 1. The van der Waals surface area contributed by atoms with E-state index in [0.29, 0.717) is 36.3 Å². The van der Waals surface area contributed by atoms with E-state index >= 15 is 0 Å². The third kappa shape index (κ3) is 4.88. The Bertz CT molecular complexity index is 1330. The lowest BCUT2D eigenvalue weighted by atomic mass is 10.1. The lowest BCUT2D eigenvalue weighted by Crippen LogP contribution is -2.35. The van der Waals surface area contributed by atoms with Crippen molar-refractivity contribution in [2.45, 2.75) is 6.54 Å². The monoisotopic (exact) mass is 488 g/mol. The first-order valence-corrected chi connectivity index (χ1v) is 10.6. The van der Waals surface area contributed by atoms with Crippen molar-refractivity contribution in [3.8, 4) is 11.8 Å². The molecule has 0 saturated carbocycles. The number of hydrogen-bond donors (Lipinski definition) is 1. The highest BCUT2D eigenvalue weighted by Gasteiger charge is 2.22. The van der Waals surface area contributed by atoms with Crippen LogP contribution in [0.1, 0.15) is 5.56 Å². The Labute approximate surface area is 198 Å². The van der Waals surface area contributed by atoms with Crippen molar-refractivity contribution in [1.82, 2.24) is 9.55 Å². The van der Waals surface area contributed by atoms with E-state index in [1.807, 2.05) is 6.07 Å². The molecule has 1 N–H and O–H groups in total. The van der Waals surface area contributed by atoms with Crippen LogP contribution in [0.25, 0.3) is 10.9 Å². The van der Waals surface area contributed by atoms with E-state index in [9.17, 15) is 9.59 Å². The van der Waals surface area contributed by atoms with Crippen LogP contribution in [-0.2, 0) is 20.8 Å². The molecule has 0 spiro atoms. The number of nitrogens with zero attached hydrogens (tertiary/aromatic N) is 3. The first-order valence-electron chi connectivity index (χ1n) is 9.87. The molecule has 1 aromatic carbocycles. The number of rotatable bonds is 7. The lowest BCUT2D eigenvalue weighted by molar-refractivity contribution is -0.142. The first-order chi connectivity index (χ1) is 15.9. The van der Waals surface area contributed by atoms with Crippen molar-refractivity contribution in [3.05, 3.63) is 56.4 Å².